The Morgan fingerprint density at radius 1 is 0.600 bits per heavy atom. The fraction of sp³-hybridized carbons (Fsp3) is 0.923. The lowest BCUT2D eigenvalue weighted by Gasteiger charge is -2.52. The summed E-state index contributed by atoms with van der Waals surface area (Å²) in [5, 5.41) is 6.25. The molecule has 0 atom stereocenters. The maximum absolute atomic E-state index is 6.25. The molecule has 0 aromatic rings. The zero-order valence-electron chi connectivity index (χ0n) is 11.7. The van der Waals surface area contributed by atoms with Crippen LogP contribution in [0.5, 0.6) is 0 Å². The molecular formula is C13H28N2. The first kappa shape index (κ1) is 16.9. The summed E-state index contributed by atoms with van der Waals surface area (Å²) in [5.74, 6) is 0. The van der Waals surface area contributed by atoms with Gasteiger partial charge in [-0.3, -0.25) is 0 Å². The molecule has 0 spiro atoms. The molecule has 0 aromatic heterocycles. The highest BCUT2D eigenvalue weighted by Crippen LogP contribution is 2.28. The van der Waals surface area contributed by atoms with Crippen molar-refractivity contribution < 1.29 is 4.48 Å². The van der Waals surface area contributed by atoms with Crippen molar-refractivity contribution in [2.75, 3.05) is 0 Å². The molecular weight excluding hydrogens is 184 g/mol. The predicted octanol–water partition coefficient (Wildman–Crippen LogP) is 3.53. The SMILES string of the molecule is CC(C)[N+](C(C)C)(C(C)C)C(C)C.[C-]#N. The van der Waals surface area contributed by atoms with Crippen LogP contribution in [0, 0.1) is 11.8 Å². The van der Waals surface area contributed by atoms with Crippen LogP contribution in [0.3, 0.4) is 0 Å². The second-order valence-corrected chi connectivity index (χ2v) is 5.27. The third-order valence-corrected chi connectivity index (χ3v) is 3.58. The zero-order valence-corrected chi connectivity index (χ0v) is 11.7. The van der Waals surface area contributed by atoms with Crippen molar-refractivity contribution in [3.63, 3.8) is 0 Å². The highest BCUT2D eigenvalue weighted by atomic mass is 15.4. The van der Waals surface area contributed by atoms with Crippen molar-refractivity contribution in [2.45, 2.75) is 79.6 Å². The standard InChI is InChI=1S/C12H28N.CN/c1-9(2)13(10(3)4,11(5)6)12(7)8;1-2/h9-12H,1-8H3;/q+1;-1. The van der Waals surface area contributed by atoms with Crippen molar-refractivity contribution in [1.29, 1.82) is 5.26 Å². The molecule has 0 unspecified atom stereocenters. The van der Waals surface area contributed by atoms with Crippen LogP contribution in [0.1, 0.15) is 55.4 Å². The van der Waals surface area contributed by atoms with E-state index in [1.165, 1.54) is 4.48 Å². The largest absolute Gasteiger partial charge is 0.512 e. The van der Waals surface area contributed by atoms with Gasteiger partial charge in [-0.2, -0.15) is 0 Å². The number of rotatable bonds is 4. The molecule has 0 amide bonds. The monoisotopic (exact) mass is 212 g/mol. The van der Waals surface area contributed by atoms with Crippen LogP contribution in [0.25, 0.3) is 0 Å². The average Bonchev–Trinajstić information content (AvgIpc) is 2.05. The Kier molecular flexibility index (Phi) is 7.70. The van der Waals surface area contributed by atoms with E-state index in [-0.39, 0.29) is 0 Å². The summed E-state index contributed by atoms with van der Waals surface area (Å²) >= 11 is 0. The Morgan fingerprint density at radius 3 is 0.733 bits per heavy atom. The fourth-order valence-corrected chi connectivity index (χ4v) is 3.58. The third-order valence-electron chi connectivity index (χ3n) is 3.58. The Morgan fingerprint density at radius 2 is 0.733 bits per heavy atom. The molecule has 0 aliphatic carbocycles. The molecule has 0 fully saturated rings. The van der Waals surface area contributed by atoms with E-state index in [9.17, 15) is 0 Å². The molecule has 0 saturated heterocycles. The van der Waals surface area contributed by atoms with Gasteiger partial charge in [-0.25, -0.2) is 0 Å². The molecule has 0 rings (SSSR count). The first-order valence-corrected chi connectivity index (χ1v) is 5.88. The highest BCUT2D eigenvalue weighted by Gasteiger charge is 2.40. The molecule has 0 radical (unpaired) electrons. The molecule has 0 N–H and O–H groups in total. The number of nitrogens with zero attached hydrogens (tertiary/aromatic N) is 2. The molecule has 2 heteroatoms. The lowest BCUT2D eigenvalue weighted by molar-refractivity contribution is -1.00. The molecule has 0 aromatic carbocycles. The van der Waals surface area contributed by atoms with Gasteiger partial charge >= 0.3 is 0 Å². The third kappa shape index (κ3) is 3.21. The maximum atomic E-state index is 6.25. The first-order chi connectivity index (χ1) is 6.77. The van der Waals surface area contributed by atoms with E-state index in [1.54, 1.807) is 0 Å². The fourth-order valence-electron chi connectivity index (χ4n) is 3.58. The van der Waals surface area contributed by atoms with Gasteiger partial charge < -0.3 is 16.3 Å². The first-order valence-electron chi connectivity index (χ1n) is 5.88. The Balaban J connectivity index is 0. The molecule has 0 aliphatic rings. The summed E-state index contributed by atoms with van der Waals surface area (Å²) in [6.45, 7) is 23.5. The van der Waals surface area contributed by atoms with Crippen molar-refractivity contribution in [1.82, 2.24) is 0 Å². The van der Waals surface area contributed by atoms with Crippen LogP contribution in [-0.2, 0) is 0 Å². The van der Waals surface area contributed by atoms with Gasteiger partial charge in [0.05, 0.1) is 24.2 Å². The minimum atomic E-state index is 0.708. The van der Waals surface area contributed by atoms with Crippen LogP contribution in [0.4, 0.5) is 0 Å². The average molecular weight is 212 g/mol. The molecule has 15 heavy (non-hydrogen) atoms. The lowest BCUT2D eigenvalue weighted by atomic mass is 10.0. The quantitative estimate of drug-likeness (QED) is 0.516. The van der Waals surface area contributed by atoms with E-state index in [0.29, 0.717) is 24.2 Å². The van der Waals surface area contributed by atoms with Crippen molar-refractivity contribution in [3.8, 4) is 0 Å². The minimum Gasteiger partial charge on any atom is -0.512 e. The van der Waals surface area contributed by atoms with E-state index in [2.05, 4.69) is 55.4 Å². The van der Waals surface area contributed by atoms with Gasteiger partial charge in [-0.05, 0) is 55.4 Å². The number of hydrogen-bond acceptors (Lipinski definition) is 1. The normalized spacial score (nSPS) is 12.1. The Hall–Kier alpha value is -0.550. The van der Waals surface area contributed by atoms with Crippen molar-refractivity contribution >= 4 is 0 Å². The number of hydrogen-bond donors (Lipinski definition) is 0. The summed E-state index contributed by atoms with van der Waals surface area (Å²) in [6.07, 6.45) is 0. The smallest absolute Gasteiger partial charge is 0.0839 e. The molecule has 0 bridgehead atoms. The van der Waals surface area contributed by atoms with E-state index < -0.39 is 0 Å². The molecule has 0 aliphatic heterocycles. The second-order valence-electron chi connectivity index (χ2n) is 5.27. The van der Waals surface area contributed by atoms with Gasteiger partial charge in [0.1, 0.15) is 0 Å². The van der Waals surface area contributed by atoms with Gasteiger partial charge in [0.15, 0.2) is 0 Å². The van der Waals surface area contributed by atoms with Gasteiger partial charge in [0, 0.05) is 0 Å². The van der Waals surface area contributed by atoms with Gasteiger partial charge in [-0.1, -0.05) is 0 Å². The van der Waals surface area contributed by atoms with Gasteiger partial charge in [-0.15, -0.1) is 0 Å². The van der Waals surface area contributed by atoms with E-state index in [1.807, 2.05) is 0 Å². The molecule has 0 saturated carbocycles. The predicted molar refractivity (Wildman–Crippen MR) is 65.8 cm³/mol. The van der Waals surface area contributed by atoms with Crippen molar-refractivity contribution in [2.24, 2.45) is 0 Å². The minimum absolute atomic E-state index is 0.708. The van der Waals surface area contributed by atoms with Crippen LogP contribution in [0.2, 0.25) is 0 Å². The van der Waals surface area contributed by atoms with Crippen LogP contribution in [0.15, 0.2) is 0 Å². The van der Waals surface area contributed by atoms with Crippen LogP contribution < -0.4 is 0 Å². The van der Waals surface area contributed by atoms with E-state index in [4.69, 9.17) is 11.8 Å². The van der Waals surface area contributed by atoms with Gasteiger partial charge in [0.2, 0.25) is 0 Å². The van der Waals surface area contributed by atoms with Crippen LogP contribution in [-0.4, -0.2) is 28.7 Å². The summed E-state index contributed by atoms with van der Waals surface area (Å²) in [4.78, 5) is 0. The molecule has 2 nitrogen and oxygen atoms in total. The molecule has 0 heterocycles. The van der Waals surface area contributed by atoms with E-state index in [0.717, 1.165) is 0 Å². The maximum Gasteiger partial charge on any atom is 0.0839 e. The molecule has 90 valence electrons. The summed E-state index contributed by atoms with van der Waals surface area (Å²) in [5.41, 5.74) is 0. The lowest BCUT2D eigenvalue weighted by Crippen LogP contribution is -2.65. The topological polar surface area (TPSA) is 23.8 Å². The van der Waals surface area contributed by atoms with Crippen LogP contribution >= 0.6 is 0 Å². The Labute approximate surface area is 96.5 Å². The van der Waals surface area contributed by atoms with Crippen molar-refractivity contribution in [3.05, 3.63) is 6.57 Å². The zero-order chi connectivity index (χ0) is 12.8. The van der Waals surface area contributed by atoms with E-state index >= 15 is 0 Å². The summed E-state index contributed by atoms with van der Waals surface area (Å²) in [7, 11) is 0. The second kappa shape index (κ2) is 6.85. The van der Waals surface area contributed by atoms with Gasteiger partial charge in [0.25, 0.3) is 0 Å². The highest BCUT2D eigenvalue weighted by molar-refractivity contribution is 4.61. The Bertz CT molecular complexity index is 141. The summed E-state index contributed by atoms with van der Waals surface area (Å²) in [6, 6.07) is 2.83. The number of quaternary nitrogens is 1. The summed E-state index contributed by atoms with van der Waals surface area (Å²) < 4.78 is 1.22.